The maximum atomic E-state index is 12.3. The van der Waals surface area contributed by atoms with Crippen LogP contribution < -0.4 is 0 Å². The van der Waals surface area contributed by atoms with Gasteiger partial charge < -0.3 is 4.90 Å². The van der Waals surface area contributed by atoms with E-state index in [1.807, 2.05) is 0 Å². The quantitative estimate of drug-likeness (QED) is 0.608. The molecule has 0 N–H and O–H groups in total. The van der Waals surface area contributed by atoms with Gasteiger partial charge >= 0.3 is 0 Å². The van der Waals surface area contributed by atoms with E-state index in [1.54, 1.807) is 24.0 Å². The maximum Gasteiger partial charge on any atom is 0.273 e. The molecule has 5 heteroatoms. The Labute approximate surface area is 112 Å². The van der Waals surface area contributed by atoms with E-state index >= 15 is 0 Å². The lowest BCUT2D eigenvalue weighted by Crippen LogP contribution is -2.39. The molecule has 0 aromatic heterocycles. The molecule has 0 saturated carbocycles. The summed E-state index contributed by atoms with van der Waals surface area (Å²) in [6.07, 6.45) is 2.14. The Morgan fingerprint density at radius 3 is 2.84 bits per heavy atom. The van der Waals surface area contributed by atoms with Crippen molar-refractivity contribution in [3.8, 4) is 0 Å². The van der Waals surface area contributed by atoms with E-state index in [0.717, 1.165) is 25.9 Å². The number of benzene rings is 1. The minimum absolute atomic E-state index is 0.0101. The van der Waals surface area contributed by atoms with Gasteiger partial charge in [0.05, 0.1) is 4.92 Å². The number of nitrogens with zero attached hydrogens (tertiary/aromatic N) is 2. The van der Waals surface area contributed by atoms with Crippen LogP contribution in [0.3, 0.4) is 0 Å². The Balaban J connectivity index is 2.24. The normalized spacial score (nSPS) is 19.3. The topological polar surface area (TPSA) is 63.5 Å². The van der Waals surface area contributed by atoms with Gasteiger partial charge in [0, 0.05) is 30.3 Å². The fourth-order valence-electron chi connectivity index (χ4n) is 2.50. The van der Waals surface area contributed by atoms with Crippen LogP contribution in [0.1, 0.15) is 35.7 Å². The second-order valence-corrected chi connectivity index (χ2v) is 5.26. The number of nitro benzene ring substituents is 1. The van der Waals surface area contributed by atoms with Gasteiger partial charge in [0.25, 0.3) is 11.6 Å². The largest absolute Gasteiger partial charge is 0.338 e. The van der Waals surface area contributed by atoms with Crippen molar-refractivity contribution in [2.75, 3.05) is 13.1 Å². The zero-order valence-corrected chi connectivity index (χ0v) is 11.3. The predicted octanol–water partition coefficient (Wildman–Crippen LogP) is 2.78. The second kappa shape index (κ2) is 5.38. The van der Waals surface area contributed by atoms with Crippen LogP contribution in [0.4, 0.5) is 5.69 Å². The van der Waals surface area contributed by atoms with Gasteiger partial charge in [-0.2, -0.15) is 0 Å². The molecule has 1 aliphatic heterocycles. The predicted molar refractivity (Wildman–Crippen MR) is 72.1 cm³/mol. The molecule has 19 heavy (non-hydrogen) atoms. The molecule has 1 fully saturated rings. The highest BCUT2D eigenvalue weighted by molar-refractivity contribution is 5.95. The molecule has 1 saturated heterocycles. The summed E-state index contributed by atoms with van der Waals surface area (Å²) in [7, 11) is 0. The first-order valence-corrected chi connectivity index (χ1v) is 6.53. The first kappa shape index (κ1) is 13.5. The van der Waals surface area contributed by atoms with Crippen LogP contribution in [-0.4, -0.2) is 28.8 Å². The maximum absolute atomic E-state index is 12.3. The van der Waals surface area contributed by atoms with Crippen molar-refractivity contribution < 1.29 is 9.72 Å². The molecule has 1 heterocycles. The van der Waals surface area contributed by atoms with Crippen LogP contribution in [0.2, 0.25) is 0 Å². The van der Waals surface area contributed by atoms with Crippen LogP contribution in [0, 0.1) is 23.0 Å². The summed E-state index contributed by atoms with van der Waals surface area (Å²) in [5.41, 5.74) is 0.996. The van der Waals surface area contributed by atoms with Crippen LogP contribution >= 0.6 is 0 Å². The zero-order valence-electron chi connectivity index (χ0n) is 11.3. The van der Waals surface area contributed by atoms with E-state index in [2.05, 4.69) is 6.92 Å². The van der Waals surface area contributed by atoms with E-state index in [0.29, 0.717) is 17.0 Å². The molecule has 0 radical (unpaired) electrons. The smallest absolute Gasteiger partial charge is 0.273 e. The lowest BCUT2D eigenvalue weighted by Gasteiger charge is -2.31. The molecule has 1 aromatic carbocycles. The third kappa shape index (κ3) is 2.92. The average Bonchev–Trinajstić information content (AvgIpc) is 2.38. The van der Waals surface area contributed by atoms with Crippen molar-refractivity contribution in [2.24, 2.45) is 5.92 Å². The van der Waals surface area contributed by atoms with Crippen LogP contribution in [0.15, 0.2) is 18.2 Å². The fourth-order valence-corrected chi connectivity index (χ4v) is 2.50. The molecule has 0 aliphatic carbocycles. The van der Waals surface area contributed by atoms with Gasteiger partial charge in [0.1, 0.15) is 0 Å². The monoisotopic (exact) mass is 262 g/mol. The summed E-state index contributed by atoms with van der Waals surface area (Å²) in [5, 5.41) is 10.9. The fraction of sp³-hybridized carbons (Fsp3) is 0.500. The molecule has 2 rings (SSSR count). The molecular formula is C14H18N2O3. The Bertz CT molecular complexity index is 513. The van der Waals surface area contributed by atoms with Gasteiger partial charge in [0.2, 0.25) is 0 Å². The molecule has 1 aliphatic rings. The summed E-state index contributed by atoms with van der Waals surface area (Å²) in [6.45, 7) is 5.28. The van der Waals surface area contributed by atoms with Crippen molar-refractivity contribution >= 4 is 11.6 Å². The molecule has 1 amide bonds. The molecule has 0 bridgehead atoms. The third-order valence-electron chi connectivity index (χ3n) is 3.60. The van der Waals surface area contributed by atoms with Crippen LogP contribution in [0.5, 0.6) is 0 Å². The first-order valence-electron chi connectivity index (χ1n) is 6.53. The number of amides is 1. The number of hydrogen-bond acceptors (Lipinski definition) is 3. The van der Waals surface area contributed by atoms with Crippen LogP contribution in [-0.2, 0) is 0 Å². The van der Waals surface area contributed by atoms with Gasteiger partial charge in [-0.05, 0) is 31.7 Å². The zero-order chi connectivity index (χ0) is 14.0. The summed E-state index contributed by atoms with van der Waals surface area (Å²) in [5.74, 6) is 0.396. The number of piperidine rings is 1. The van der Waals surface area contributed by atoms with Crippen molar-refractivity contribution in [2.45, 2.75) is 26.7 Å². The molecule has 1 atom stereocenters. The van der Waals surface area contributed by atoms with E-state index < -0.39 is 4.92 Å². The highest BCUT2D eigenvalue weighted by Crippen LogP contribution is 2.22. The Kier molecular flexibility index (Phi) is 3.83. The van der Waals surface area contributed by atoms with E-state index in [-0.39, 0.29) is 11.6 Å². The standard InChI is InChI=1S/C14H18N2O3/c1-10-4-3-7-15(9-10)14(17)12-6-5-11(2)13(8-12)16(18)19/h5-6,8,10H,3-4,7,9H2,1-2H3/t10-/m0/s1. The minimum atomic E-state index is -0.440. The molecule has 0 unspecified atom stereocenters. The summed E-state index contributed by atoms with van der Waals surface area (Å²) >= 11 is 0. The van der Waals surface area contributed by atoms with E-state index in [4.69, 9.17) is 0 Å². The van der Waals surface area contributed by atoms with Gasteiger partial charge in [-0.3, -0.25) is 14.9 Å². The average molecular weight is 262 g/mol. The minimum Gasteiger partial charge on any atom is -0.338 e. The van der Waals surface area contributed by atoms with E-state index in [1.165, 1.54) is 6.07 Å². The summed E-state index contributed by atoms with van der Waals surface area (Å²) in [6, 6.07) is 4.69. The van der Waals surface area contributed by atoms with Crippen molar-refractivity contribution in [1.29, 1.82) is 0 Å². The van der Waals surface area contributed by atoms with Gasteiger partial charge in [-0.15, -0.1) is 0 Å². The lowest BCUT2D eigenvalue weighted by molar-refractivity contribution is -0.385. The molecule has 1 aromatic rings. The number of carbonyl (C=O) groups is 1. The van der Waals surface area contributed by atoms with Crippen LogP contribution in [0.25, 0.3) is 0 Å². The lowest BCUT2D eigenvalue weighted by atomic mass is 9.99. The number of rotatable bonds is 2. The number of carbonyl (C=O) groups excluding carboxylic acids is 1. The summed E-state index contributed by atoms with van der Waals surface area (Å²) in [4.78, 5) is 24.6. The number of aryl methyl sites for hydroxylation is 1. The number of likely N-dealkylation sites (tertiary alicyclic amines) is 1. The Hall–Kier alpha value is -1.91. The summed E-state index contributed by atoms with van der Waals surface area (Å²) < 4.78 is 0. The van der Waals surface area contributed by atoms with Gasteiger partial charge in [-0.1, -0.05) is 13.0 Å². The highest BCUT2D eigenvalue weighted by Gasteiger charge is 2.23. The number of nitro groups is 1. The van der Waals surface area contributed by atoms with Crippen molar-refractivity contribution in [1.82, 2.24) is 4.90 Å². The molecule has 0 spiro atoms. The third-order valence-corrected chi connectivity index (χ3v) is 3.60. The molecule has 5 nitrogen and oxygen atoms in total. The van der Waals surface area contributed by atoms with Crippen molar-refractivity contribution in [3.63, 3.8) is 0 Å². The Morgan fingerprint density at radius 2 is 2.21 bits per heavy atom. The first-order chi connectivity index (χ1) is 8.99. The SMILES string of the molecule is Cc1ccc(C(=O)N2CCC[C@H](C)C2)cc1[N+](=O)[O-]. The Morgan fingerprint density at radius 1 is 1.47 bits per heavy atom. The van der Waals surface area contributed by atoms with Gasteiger partial charge in [0.15, 0.2) is 0 Å². The molecule has 102 valence electrons. The van der Waals surface area contributed by atoms with Gasteiger partial charge in [-0.25, -0.2) is 0 Å². The van der Waals surface area contributed by atoms with E-state index in [9.17, 15) is 14.9 Å². The van der Waals surface area contributed by atoms with Crippen molar-refractivity contribution in [3.05, 3.63) is 39.4 Å². The number of hydrogen-bond donors (Lipinski definition) is 0. The highest BCUT2D eigenvalue weighted by atomic mass is 16.6. The second-order valence-electron chi connectivity index (χ2n) is 5.26. The molecular weight excluding hydrogens is 244 g/mol.